The number of furan rings is 1. The predicted molar refractivity (Wildman–Crippen MR) is 247 cm³/mol. The number of fused-ring (bicyclic) bond motifs is 9. The van der Waals surface area contributed by atoms with Crippen LogP contribution in [0.2, 0.25) is 0 Å². The molecule has 0 bridgehead atoms. The summed E-state index contributed by atoms with van der Waals surface area (Å²) in [6.07, 6.45) is 0. The number of benzene rings is 9. The normalized spacial score (nSPS) is 12.5. The van der Waals surface area contributed by atoms with Gasteiger partial charge >= 0.3 is 54.6 Å². The minimum Gasteiger partial charge on any atom is -0.453 e. The fourth-order valence-electron chi connectivity index (χ4n) is 9.98. The Bertz CT molecular complexity index is 3370. The van der Waals surface area contributed by atoms with Gasteiger partial charge in [-0.25, -0.2) is 0 Å². The van der Waals surface area contributed by atoms with E-state index >= 15 is 0 Å². The third-order valence-electron chi connectivity index (χ3n) is 12.8. The standard InChI is InChI=1S/C57H38NO.2Cd/c1-57(51-25-10-7-20-47(51)48-21-8-11-26-52(48)57)41-31-29-38(30-32-41)46-22-13-23-49-50-24-14-28-54(56(50)59-55(46)49)58(53-27-12-9-19-45(53)37-15-3-2-4-16-37)42-33-34-44-40(36-42)35-39-17-5-6-18-43(39)44;;/h2-36H,1H3;;/q-1;2*+2. The van der Waals surface area contributed by atoms with Crippen molar-refractivity contribution < 1.29 is 59.0 Å². The second-order valence-corrected chi connectivity index (χ2v) is 16.0. The summed E-state index contributed by atoms with van der Waals surface area (Å²) in [5.74, 6) is 0. The molecule has 0 aliphatic heterocycles. The first-order valence-electron chi connectivity index (χ1n) is 20.4. The van der Waals surface area contributed by atoms with Gasteiger partial charge in [-0.1, -0.05) is 188 Å². The molecule has 0 unspecified atom stereocenters. The number of hydrogen-bond donors (Lipinski definition) is 0. The summed E-state index contributed by atoms with van der Waals surface area (Å²) in [6, 6.07) is 77.2. The molecule has 61 heavy (non-hydrogen) atoms. The van der Waals surface area contributed by atoms with Crippen molar-refractivity contribution in [3.05, 3.63) is 229 Å². The maximum atomic E-state index is 7.18. The van der Waals surface area contributed by atoms with Crippen LogP contribution in [-0.2, 0) is 60.0 Å². The molecular weight excluding hydrogens is 939 g/mol. The van der Waals surface area contributed by atoms with E-state index in [4.69, 9.17) is 4.42 Å². The Morgan fingerprint density at radius 3 is 1.70 bits per heavy atom. The van der Waals surface area contributed by atoms with Crippen molar-refractivity contribution in [2.45, 2.75) is 12.3 Å². The molecule has 278 valence electrons. The van der Waals surface area contributed by atoms with Crippen LogP contribution in [0.4, 0.5) is 17.1 Å². The quantitative estimate of drug-likeness (QED) is 0.122. The van der Waals surface area contributed by atoms with Crippen molar-refractivity contribution in [1.82, 2.24) is 0 Å². The zero-order chi connectivity index (χ0) is 39.1. The Morgan fingerprint density at radius 1 is 0.410 bits per heavy atom. The van der Waals surface area contributed by atoms with Gasteiger partial charge in [-0.15, -0.1) is 33.7 Å². The third kappa shape index (κ3) is 6.16. The Kier molecular flexibility index (Phi) is 10.1. The molecule has 0 saturated carbocycles. The third-order valence-corrected chi connectivity index (χ3v) is 12.8. The largest absolute Gasteiger partial charge is 2.00 e. The fourth-order valence-corrected chi connectivity index (χ4v) is 9.98. The van der Waals surface area contributed by atoms with Gasteiger partial charge in [0.2, 0.25) is 0 Å². The maximum Gasteiger partial charge on any atom is 2.00 e. The van der Waals surface area contributed by atoms with Gasteiger partial charge in [0, 0.05) is 33.0 Å². The van der Waals surface area contributed by atoms with Crippen molar-refractivity contribution in [2.24, 2.45) is 0 Å². The molecule has 4 heteroatoms. The molecule has 0 N–H and O–H groups in total. The average molecular weight is 978 g/mol. The number of para-hydroxylation sites is 3. The molecule has 0 atom stereocenters. The Morgan fingerprint density at radius 2 is 0.951 bits per heavy atom. The molecule has 0 amide bonds. The Hall–Kier alpha value is -5.71. The SMILES string of the molecule is CC1(c2ccc(-c3cccc4c3oc3c(N(c5ccc6c(c5)[cH-]c5ccccc56)c5ccccc5-c5ccccc5)cccc34)cc2)c2ccccc2-c2ccccc21.[Cd+2].[Cd+2]. The molecular formula is C57H38Cd2NO+3. The van der Waals surface area contributed by atoms with E-state index in [0.29, 0.717) is 0 Å². The maximum absolute atomic E-state index is 7.18. The fraction of sp³-hybridized carbons (Fsp3) is 0.0351. The van der Waals surface area contributed by atoms with E-state index in [1.807, 2.05) is 0 Å². The molecule has 2 nitrogen and oxygen atoms in total. The number of rotatable bonds is 6. The molecule has 1 aromatic heterocycles. The average Bonchev–Trinajstić information content (AvgIpc) is 3.96. The summed E-state index contributed by atoms with van der Waals surface area (Å²) in [5.41, 5.74) is 15.8. The molecule has 1 aliphatic carbocycles. The van der Waals surface area contributed by atoms with Gasteiger partial charge in [0.25, 0.3) is 0 Å². The summed E-state index contributed by atoms with van der Waals surface area (Å²) in [7, 11) is 0. The van der Waals surface area contributed by atoms with Crippen molar-refractivity contribution in [2.75, 3.05) is 4.90 Å². The van der Waals surface area contributed by atoms with Crippen molar-refractivity contribution in [3.8, 4) is 33.4 Å². The van der Waals surface area contributed by atoms with E-state index in [1.165, 1.54) is 49.4 Å². The number of anilines is 3. The van der Waals surface area contributed by atoms with Crippen LogP contribution in [-0.4, -0.2) is 0 Å². The van der Waals surface area contributed by atoms with Gasteiger partial charge in [0.05, 0.1) is 11.4 Å². The van der Waals surface area contributed by atoms with Gasteiger partial charge in [-0.3, -0.25) is 0 Å². The van der Waals surface area contributed by atoms with Crippen LogP contribution in [0.3, 0.4) is 0 Å². The van der Waals surface area contributed by atoms with Crippen LogP contribution in [0.25, 0.3) is 76.9 Å². The van der Waals surface area contributed by atoms with Gasteiger partial charge in [-0.2, -0.15) is 0 Å². The van der Waals surface area contributed by atoms with E-state index in [2.05, 4.69) is 224 Å². The van der Waals surface area contributed by atoms with Crippen LogP contribution >= 0.6 is 0 Å². The van der Waals surface area contributed by atoms with E-state index in [0.717, 1.165) is 61.3 Å². The van der Waals surface area contributed by atoms with E-state index in [9.17, 15) is 0 Å². The van der Waals surface area contributed by atoms with E-state index in [-0.39, 0.29) is 60.0 Å². The topological polar surface area (TPSA) is 16.4 Å². The van der Waals surface area contributed by atoms with Gasteiger partial charge in [0.15, 0.2) is 5.58 Å². The molecule has 10 aromatic carbocycles. The van der Waals surface area contributed by atoms with Gasteiger partial charge < -0.3 is 9.32 Å². The molecule has 12 rings (SSSR count). The predicted octanol–water partition coefficient (Wildman–Crippen LogP) is 15.7. The van der Waals surface area contributed by atoms with Crippen LogP contribution < -0.4 is 4.90 Å². The van der Waals surface area contributed by atoms with Crippen LogP contribution in [0.1, 0.15) is 23.6 Å². The molecule has 1 heterocycles. The minimum absolute atomic E-state index is 0. The van der Waals surface area contributed by atoms with Crippen LogP contribution in [0.15, 0.2) is 217 Å². The van der Waals surface area contributed by atoms with Gasteiger partial charge in [-0.05, 0) is 58.0 Å². The second kappa shape index (κ2) is 15.6. The Labute approximate surface area is 395 Å². The van der Waals surface area contributed by atoms with Crippen molar-refractivity contribution in [3.63, 3.8) is 0 Å². The van der Waals surface area contributed by atoms with Crippen LogP contribution in [0, 0.1) is 0 Å². The summed E-state index contributed by atoms with van der Waals surface area (Å²) in [6.45, 7) is 2.37. The molecule has 1 aliphatic rings. The first kappa shape index (κ1) is 39.4. The van der Waals surface area contributed by atoms with Crippen molar-refractivity contribution >= 4 is 60.5 Å². The molecule has 11 aromatic rings. The summed E-state index contributed by atoms with van der Waals surface area (Å²) in [4.78, 5) is 2.39. The second-order valence-electron chi connectivity index (χ2n) is 16.0. The molecule has 0 radical (unpaired) electrons. The zero-order valence-corrected chi connectivity index (χ0v) is 42.0. The summed E-state index contributed by atoms with van der Waals surface area (Å²) >= 11 is 0. The Balaban J connectivity index is 0.00000223. The van der Waals surface area contributed by atoms with Crippen LogP contribution in [0.5, 0.6) is 0 Å². The van der Waals surface area contributed by atoms with E-state index < -0.39 is 0 Å². The van der Waals surface area contributed by atoms with Crippen molar-refractivity contribution in [1.29, 1.82) is 0 Å². The molecule has 0 saturated heterocycles. The number of hydrogen-bond acceptors (Lipinski definition) is 2. The minimum atomic E-state index is -0.246. The smallest absolute Gasteiger partial charge is 0.453 e. The van der Waals surface area contributed by atoms with E-state index in [1.54, 1.807) is 0 Å². The molecule has 0 fully saturated rings. The van der Waals surface area contributed by atoms with Gasteiger partial charge in [0.1, 0.15) is 5.58 Å². The molecule has 0 spiro atoms. The first-order chi connectivity index (χ1) is 29.1. The number of nitrogens with zero attached hydrogens (tertiary/aromatic N) is 1. The summed E-state index contributed by atoms with van der Waals surface area (Å²) in [5, 5.41) is 7.19. The monoisotopic (exact) mass is 980 g/mol. The first-order valence-corrected chi connectivity index (χ1v) is 20.4. The summed E-state index contributed by atoms with van der Waals surface area (Å²) < 4.78 is 7.18. The zero-order valence-electron chi connectivity index (χ0n) is 34.0.